The Bertz CT molecular complexity index is 935. The molecule has 0 unspecified atom stereocenters. The number of hydrogen-bond acceptors (Lipinski definition) is 4. The van der Waals surface area contributed by atoms with Crippen molar-refractivity contribution >= 4 is 12.4 Å². The molecule has 3 aromatic rings. The first-order valence-corrected chi connectivity index (χ1v) is 8.81. The number of benzene rings is 3. The summed E-state index contributed by atoms with van der Waals surface area (Å²) in [5.74, 6) is 0.794. The molecule has 0 heterocycles. The summed E-state index contributed by atoms with van der Waals surface area (Å²) in [6.07, 6.45) is -4.73. The Morgan fingerprint density at radius 1 is 0.867 bits per heavy atom. The van der Waals surface area contributed by atoms with Crippen LogP contribution in [0.1, 0.15) is 22.7 Å². The van der Waals surface area contributed by atoms with Crippen molar-refractivity contribution < 1.29 is 27.4 Å². The van der Waals surface area contributed by atoms with Crippen LogP contribution in [0.4, 0.5) is 13.2 Å². The first-order chi connectivity index (χ1) is 13.9. The third-order valence-electron chi connectivity index (χ3n) is 4.26. The van der Waals surface area contributed by atoms with E-state index in [0.717, 1.165) is 11.1 Å². The van der Waals surface area contributed by atoms with Gasteiger partial charge in [-0.25, -0.2) is 0 Å². The fraction of sp³-hybridized carbons (Fsp3) is 0.182. The standard InChI is InChI=1S/C22H20F3NO3.ClH/c1-27-20-13-17(9-12-19(20)28-14-15-5-3-2-4-6-15)21(26)16-7-10-18(11-8-16)29-22(23,24)25;/h2-13,21H,14,26H2,1H3;1H/t21-;/m1./s1. The van der Waals surface area contributed by atoms with Gasteiger partial charge < -0.3 is 19.9 Å². The Kier molecular flexibility index (Phi) is 7.97. The lowest BCUT2D eigenvalue weighted by Gasteiger charge is -2.17. The van der Waals surface area contributed by atoms with Crippen molar-refractivity contribution in [1.29, 1.82) is 0 Å². The number of halogens is 4. The molecule has 0 aliphatic carbocycles. The molecule has 0 radical (unpaired) electrons. The van der Waals surface area contributed by atoms with Gasteiger partial charge in [-0.3, -0.25) is 0 Å². The van der Waals surface area contributed by atoms with Gasteiger partial charge in [-0.15, -0.1) is 25.6 Å². The zero-order chi connectivity index (χ0) is 20.9. The number of methoxy groups -OCH3 is 1. The highest BCUT2D eigenvalue weighted by Crippen LogP contribution is 2.33. The van der Waals surface area contributed by atoms with Gasteiger partial charge in [0.05, 0.1) is 13.2 Å². The first kappa shape index (κ1) is 23.4. The van der Waals surface area contributed by atoms with Crippen molar-refractivity contribution in [2.45, 2.75) is 19.0 Å². The summed E-state index contributed by atoms with van der Waals surface area (Å²) in [4.78, 5) is 0. The smallest absolute Gasteiger partial charge is 0.493 e. The fourth-order valence-corrected chi connectivity index (χ4v) is 2.80. The molecule has 8 heteroatoms. The van der Waals surface area contributed by atoms with Crippen LogP contribution in [0.25, 0.3) is 0 Å². The van der Waals surface area contributed by atoms with E-state index in [9.17, 15) is 13.2 Å². The van der Waals surface area contributed by atoms with E-state index in [4.69, 9.17) is 15.2 Å². The molecule has 0 aromatic heterocycles. The third kappa shape index (κ3) is 6.30. The number of rotatable bonds is 7. The Balaban J connectivity index is 0.00000320. The van der Waals surface area contributed by atoms with Gasteiger partial charge in [0.25, 0.3) is 0 Å². The molecule has 0 aliphatic rings. The maximum atomic E-state index is 12.3. The summed E-state index contributed by atoms with van der Waals surface area (Å²) in [6.45, 7) is 0.392. The fourth-order valence-electron chi connectivity index (χ4n) is 2.80. The highest BCUT2D eigenvalue weighted by molar-refractivity contribution is 5.85. The zero-order valence-electron chi connectivity index (χ0n) is 16.1. The normalized spacial score (nSPS) is 11.9. The third-order valence-corrected chi connectivity index (χ3v) is 4.26. The second-order valence-electron chi connectivity index (χ2n) is 6.28. The van der Waals surface area contributed by atoms with E-state index in [1.165, 1.54) is 31.4 Å². The molecule has 160 valence electrons. The van der Waals surface area contributed by atoms with Crippen molar-refractivity contribution in [2.75, 3.05) is 7.11 Å². The summed E-state index contributed by atoms with van der Waals surface area (Å²) >= 11 is 0. The molecule has 30 heavy (non-hydrogen) atoms. The van der Waals surface area contributed by atoms with Crippen LogP contribution >= 0.6 is 12.4 Å². The monoisotopic (exact) mass is 439 g/mol. The summed E-state index contributed by atoms with van der Waals surface area (Å²) in [6, 6.07) is 20.0. The van der Waals surface area contributed by atoms with Crippen LogP contribution < -0.4 is 19.9 Å². The lowest BCUT2D eigenvalue weighted by Crippen LogP contribution is -2.17. The summed E-state index contributed by atoms with van der Waals surface area (Å²) < 4.78 is 52.0. The number of alkyl halides is 3. The molecular formula is C22H21ClF3NO3. The van der Waals surface area contributed by atoms with Crippen LogP contribution in [0.15, 0.2) is 72.8 Å². The first-order valence-electron chi connectivity index (χ1n) is 8.81. The topological polar surface area (TPSA) is 53.7 Å². The molecule has 4 nitrogen and oxygen atoms in total. The van der Waals surface area contributed by atoms with Crippen molar-refractivity contribution in [3.8, 4) is 17.2 Å². The van der Waals surface area contributed by atoms with E-state index >= 15 is 0 Å². The zero-order valence-corrected chi connectivity index (χ0v) is 16.9. The van der Waals surface area contributed by atoms with Gasteiger partial charge in [0.15, 0.2) is 11.5 Å². The second-order valence-corrected chi connectivity index (χ2v) is 6.28. The van der Waals surface area contributed by atoms with E-state index in [0.29, 0.717) is 23.7 Å². The maximum Gasteiger partial charge on any atom is 0.573 e. The number of nitrogens with two attached hydrogens (primary N) is 1. The molecule has 3 aromatic carbocycles. The molecule has 0 saturated heterocycles. The summed E-state index contributed by atoms with van der Waals surface area (Å²) in [7, 11) is 1.53. The van der Waals surface area contributed by atoms with E-state index in [-0.39, 0.29) is 18.2 Å². The van der Waals surface area contributed by atoms with Crippen LogP contribution in [0, 0.1) is 0 Å². The minimum atomic E-state index is -4.73. The van der Waals surface area contributed by atoms with E-state index in [1.54, 1.807) is 18.2 Å². The van der Waals surface area contributed by atoms with Gasteiger partial charge >= 0.3 is 6.36 Å². The van der Waals surface area contributed by atoms with Gasteiger partial charge in [0.1, 0.15) is 12.4 Å². The SMILES string of the molecule is COc1cc([C@H](N)c2ccc(OC(F)(F)F)cc2)ccc1OCc1ccccc1.Cl. The molecule has 0 bridgehead atoms. The Morgan fingerprint density at radius 2 is 1.50 bits per heavy atom. The Hall–Kier alpha value is -2.90. The second kappa shape index (κ2) is 10.2. The molecule has 1 atom stereocenters. The Morgan fingerprint density at radius 3 is 2.10 bits per heavy atom. The summed E-state index contributed by atoms with van der Waals surface area (Å²) in [5, 5.41) is 0. The lowest BCUT2D eigenvalue weighted by molar-refractivity contribution is -0.274. The predicted molar refractivity (Wildman–Crippen MR) is 110 cm³/mol. The average molecular weight is 440 g/mol. The molecule has 0 fully saturated rings. The van der Waals surface area contributed by atoms with E-state index < -0.39 is 12.4 Å². The average Bonchev–Trinajstić information content (AvgIpc) is 2.72. The highest BCUT2D eigenvalue weighted by atomic mass is 35.5. The minimum Gasteiger partial charge on any atom is -0.493 e. The van der Waals surface area contributed by atoms with Gasteiger partial charge in [0.2, 0.25) is 0 Å². The Labute approximate surface area is 178 Å². The van der Waals surface area contributed by atoms with Crippen LogP contribution in [0.3, 0.4) is 0 Å². The van der Waals surface area contributed by atoms with Crippen molar-refractivity contribution in [2.24, 2.45) is 5.73 Å². The van der Waals surface area contributed by atoms with E-state index in [2.05, 4.69) is 4.74 Å². The number of hydrogen-bond donors (Lipinski definition) is 1. The quantitative estimate of drug-likeness (QED) is 0.517. The van der Waals surface area contributed by atoms with Gasteiger partial charge in [-0.05, 0) is 41.0 Å². The van der Waals surface area contributed by atoms with Gasteiger partial charge in [-0.1, -0.05) is 48.5 Å². The molecular weight excluding hydrogens is 419 g/mol. The molecule has 0 aliphatic heterocycles. The molecule has 0 spiro atoms. The van der Waals surface area contributed by atoms with Gasteiger partial charge in [0, 0.05) is 0 Å². The van der Waals surface area contributed by atoms with Crippen LogP contribution in [-0.2, 0) is 6.61 Å². The highest BCUT2D eigenvalue weighted by Gasteiger charge is 2.31. The predicted octanol–water partition coefficient (Wildman–Crippen LogP) is 5.64. The lowest BCUT2D eigenvalue weighted by atomic mass is 9.99. The number of ether oxygens (including phenoxy) is 3. The molecule has 0 amide bonds. The largest absolute Gasteiger partial charge is 0.573 e. The van der Waals surface area contributed by atoms with Crippen molar-refractivity contribution in [1.82, 2.24) is 0 Å². The maximum absolute atomic E-state index is 12.3. The summed E-state index contributed by atoms with van der Waals surface area (Å²) in [5.41, 5.74) is 8.67. The molecule has 0 saturated carbocycles. The van der Waals surface area contributed by atoms with E-state index in [1.807, 2.05) is 30.3 Å². The van der Waals surface area contributed by atoms with Crippen molar-refractivity contribution in [3.05, 3.63) is 89.5 Å². The van der Waals surface area contributed by atoms with Crippen LogP contribution in [-0.4, -0.2) is 13.5 Å². The van der Waals surface area contributed by atoms with Crippen LogP contribution in [0.2, 0.25) is 0 Å². The van der Waals surface area contributed by atoms with Crippen LogP contribution in [0.5, 0.6) is 17.2 Å². The molecule has 2 N–H and O–H groups in total. The molecule has 3 rings (SSSR count). The van der Waals surface area contributed by atoms with Gasteiger partial charge in [-0.2, -0.15) is 0 Å². The van der Waals surface area contributed by atoms with Crippen molar-refractivity contribution in [3.63, 3.8) is 0 Å². The minimum absolute atomic E-state index is 0.